The summed E-state index contributed by atoms with van der Waals surface area (Å²) in [4.78, 5) is 25.9. The molecule has 1 unspecified atom stereocenters. The minimum absolute atomic E-state index is 0.163. The minimum Gasteiger partial charge on any atom is -0.245 e. The van der Waals surface area contributed by atoms with Crippen LogP contribution >= 0.6 is 11.3 Å². The molecule has 2 aromatic rings. The number of carbonyl (C=O) groups is 2. The highest BCUT2D eigenvalue weighted by atomic mass is 32.1. The van der Waals surface area contributed by atoms with Crippen molar-refractivity contribution in [2.75, 3.05) is 4.90 Å². The first kappa shape index (κ1) is 11.1. The predicted octanol–water partition coefficient (Wildman–Crippen LogP) is 1.99. The number of anilines is 2. The average molecular weight is 259 g/mol. The molecule has 0 fully saturated rings. The van der Waals surface area contributed by atoms with E-state index in [4.69, 9.17) is 0 Å². The van der Waals surface area contributed by atoms with Crippen molar-refractivity contribution in [2.45, 2.75) is 6.92 Å². The maximum atomic E-state index is 12.3. The van der Waals surface area contributed by atoms with E-state index >= 15 is 0 Å². The van der Waals surface area contributed by atoms with Gasteiger partial charge in [0, 0.05) is 5.38 Å². The molecule has 2 heterocycles. The van der Waals surface area contributed by atoms with E-state index in [1.165, 1.54) is 11.3 Å². The van der Waals surface area contributed by atoms with Gasteiger partial charge in [0.25, 0.3) is 0 Å². The standard InChI is InChI=1S/C13H11N2O2S/c1-9-11(16)14-7-8-18-13(14)15(12(9)17)10-5-3-2-4-6-10/h2-9H,1H3/q+1. The summed E-state index contributed by atoms with van der Waals surface area (Å²) >= 11 is 1.39. The van der Waals surface area contributed by atoms with E-state index in [-0.39, 0.29) is 11.8 Å². The Morgan fingerprint density at radius 3 is 2.67 bits per heavy atom. The molecule has 1 aliphatic heterocycles. The smallest absolute Gasteiger partial charge is 0.245 e. The van der Waals surface area contributed by atoms with Crippen LogP contribution in [0.25, 0.3) is 0 Å². The summed E-state index contributed by atoms with van der Waals surface area (Å²) in [6.45, 7) is 1.65. The first-order valence-electron chi connectivity index (χ1n) is 5.62. The van der Waals surface area contributed by atoms with Crippen LogP contribution in [-0.2, 0) is 4.79 Å². The van der Waals surface area contributed by atoms with Gasteiger partial charge in [-0.3, -0.25) is 0 Å². The zero-order valence-electron chi connectivity index (χ0n) is 9.74. The summed E-state index contributed by atoms with van der Waals surface area (Å²) in [6.07, 6.45) is 1.71. The van der Waals surface area contributed by atoms with Crippen molar-refractivity contribution in [3.05, 3.63) is 41.9 Å². The number of hydrogen-bond donors (Lipinski definition) is 0. The Morgan fingerprint density at radius 1 is 1.22 bits per heavy atom. The summed E-state index contributed by atoms with van der Waals surface area (Å²) in [5.74, 6) is -0.977. The monoisotopic (exact) mass is 259 g/mol. The first-order valence-corrected chi connectivity index (χ1v) is 6.50. The molecule has 1 amide bonds. The molecule has 1 aromatic heterocycles. The highest BCUT2D eigenvalue weighted by molar-refractivity contribution is 7.13. The molecule has 3 rings (SSSR count). The average Bonchev–Trinajstić information content (AvgIpc) is 2.87. The van der Waals surface area contributed by atoms with Gasteiger partial charge in [0.05, 0.1) is 0 Å². The molecule has 1 aromatic carbocycles. The molecule has 5 heteroatoms. The van der Waals surface area contributed by atoms with Gasteiger partial charge in [-0.2, -0.15) is 9.47 Å². The van der Waals surface area contributed by atoms with Crippen LogP contribution in [-0.4, -0.2) is 11.8 Å². The summed E-state index contributed by atoms with van der Waals surface area (Å²) in [6, 6.07) is 9.38. The van der Waals surface area contributed by atoms with Gasteiger partial charge in [-0.05, 0) is 19.1 Å². The lowest BCUT2D eigenvalue weighted by atomic mass is 10.1. The van der Waals surface area contributed by atoms with E-state index in [9.17, 15) is 9.59 Å². The SMILES string of the molecule is CC1C(=O)N(c2ccccc2)c2scc[n+]2C1=O. The van der Waals surface area contributed by atoms with Crippen LogP contribution in [0.3, 0.4) is 0 Å². The van der Waals surface area contributed by atoms with E-state index in [1.54, 1.807) is 22.6 Å². The normalized spacial score (nSPS) is 18.9. The third-order valence-corrected chi connectivity index (χ3v) is 3.84. The Hall–Kier alpha value is -2.01. The lowest BCUT2D eigenvalue weighted by molar-refractivity contribution is -0.559. The van der Waals surface area contributed by atoms with Crippen molar-refractivity contribution >= 4 is 34.0 Å². The van der Waals surface area contributed by atoms with E-state index in [2.05, 4.69) is 0 Å². The zero-order valence-corrected chi connectivity index (χ0v) is 10.6. The Morgan fingerprint density at radius 2 is 1.94 bits per heavy atom. The number of carbonyl (C=O) groups excluding carboxylic acids is 2. The summed E-state index contributed by atoms with van der Waals surface area (Å²) in [5.41, 5.74) is 0.790. The van der Waals surface area contributed by atoms with E-state index in [0.717, 1.165) is 5.69 Å². The van der Waals surface area contributed by atoms with Crippen molar-refractivity contribution < 1.29 is 14.2 Å². The number of benzene rings is 1. The molecule has 4 nitrogen and oxygen atoms in total. The van der Waals surface area contributed by atoms with Gasteiger partial charge in [0.2, 0.25) is 0 Å². The highest BCUT2D eigenvalue weighted by Gasteiger charge is 2.46. The molecule has 18 heavy (non-hydrogen) atoms. The second kappa shape index (κ2) is 4.03. The number of fused-ring (bicyclic) bond motifs is 1. The van der Waals surface area contributed by atoms with E-state index < -0.39 is 5.92 Å². The number of hydrogen-bond acceptors (Lipinski definition) is 3. The number of rotatable bonds is 1. The Labute approximate surface area is 108 Å². The highest BCUT2D eigenvalue weighted by Crippen LogP contribution is 2.30. The van der Waals surface area contributed by atoms with Crippen molar-refractivity contribution in [1.82, 2.24) is 0 Å². The molecule has 0 saturated carbocycles. The summed E-state index contributed by atoms with van der Waals surface area (Å²) < 4.78 is 1.55. The second-order valence-corrected chi connectivity index (χ2v) is 5.00. The Balaban J connectivity index is 2.19. The van der Waals surface area contributed by atoms with Crippen LogP contribution in [0.1, 0.15) is 11.7 Å². The number of para-hydroxylation sites is 1. The van der Waals surface area contributed by atoms with Gasteiger partial charge in [0.1, 0.15) is 11.9 Å². The molecule has 1 atom stereocenters. The molecule has 90 valence electrons. The summed E-state index contributed by atoms with van der Waals surface area (Å²) in [5, 5.41) is 2.46. The zero-order chi connectivity index (χ0) is 12.7. The molecular formula is C13H11N2O2S+. The quantitative estimate of drug-likeness (QED) is 0.580. The maximum Gasteiger partial charge on any atom is 0.356 e. The molecule has 0 spiro atoms. The van der Waals surface area contributed by atoms with Crippen LogP contribution < -0.4 is 9.47 Å². The Kier molecular flexibility index (Phi) is 2.48. The van der Waals surface area contributed by atoms with Crippen molar-refractivity contribution in [3.63, 3.8) is 0 Å². The topological polar surface area (TPSA) is 41.3 Å². The first-order chi connectivity index (χ1) is 8.70. The molecule has 0 N–H and O–H groups in total. The molecule has 0 saturated heterocycles. The second-order valence-electron chi connectivity index (χ2n) is 4.12. The molecule has 1 aliphatic rings. The molecule has 0 bridgehead atoms. The minimum atomic E-state index is -0.641. The largest absolute Gasteiger partial charge is 0.356 e. The predicted molar refractivity (Wildman–Crippen MR) is 67.9 cm³/mol. The van der Waals surface area contributed by atoms with Gasteiger partial charge < -0.3 is 0 Å². The molecular weight excluding hydrogens is 248 g/mol. The van der Waals surface area contributed by atoms with E-state index in [0.29, 0.717) is 5.13 Å². The fraction of sp³-hybridized carbons (Fsp3) is 0.154. The maximum absolute atomic E-state index is 12.3. The summed E-state index contributed by atoms with van der Waals surface area (Å²) in [7, 11) is 0. The van der Waals surface area contributed by atoms with Gasteiger partial charge >= 0.3 is 16.9 Å². The van der Waals surface area contributed by atoms with Crippen LogP contribution in [0.15, 0.2) is 41.9 Å². The van der Waals surface area contributed by atoms with Crippen molar-refractivity contribution in [2.24, 2.45) is 5.92 Å². The molecule has 0 aliphatic carbocycles. The van der Waals surface area contributed by atoms with Gasteiger partial charge in [-0.25, -0.2) is 9.59 Å². The number of aromatic nitrogens is 1. The van der Waals surface area contributed by atoms with Crippen LogP contribution in [0.4, 0.5) is 10.8 Å². The molecule has 0 radical (unpaired) electrons. The van der Waals surface area contributed by atoms with Crippen LogP contribution in [0.2, 0.25) is 0 Å². The number of nitrogens with zero attached hydrogens (tertiary/aromatic N) is 2. The van der Waals surface area contributed by atoms with Crippen molar-refractivity contribution in [3.8, 4) is 0 Å². The Bertz CT molecular complexity index is 621. The van der Waals surface area contributed by atoms with Crippen LogP contribution in [0.5, 0.6) is 0 Å². The lowest BCUT2D eigenvalue weighted by Gasteiger charge is -2.21. The third-order valence-electron chi connectivity index (χ3n) is 2.99. The fourth-order valence-electron chi connectivity index (χ4n) is 2.02. The van der Waals surface area contributed by atoms with Crippen molar-refractivity contribution in [1.29, 1.82) is 0 Å². The number of amides is 1. The van der Waals surface area contributed by atoms with E-state index in [1.807, 2.05) is 35.7 Å². The van der Waals surface area contributed by atoms with Crippen LogP contribution in [0, 0.1) is 5.92 Å². The van der Waals surface area contributed by atoms with Gasteiger partial charge in [-0.1, -0.05) is 29.5 Å². The van der Waals surface area contributed by atoms with Gasteiger partial charge in [-0.15, -0.1) is 0 Å². The third kappa shape index (κ3) is 1.48. The fourth-order valence-corrected chi connectivity index (χ4v) is 2.89. The number of thiazole rings is 1. The van der Waals surface area contributed by atoms with Gasteiger partial charge in [0.15, 0.2) is 5.92 Å². The lowest BCUT2D eigenvalue weighted by Crippen LogP contribution is -2.57.